The van der Waals surface area contributed by atoms with E-state index in [-0.39, 0.29) is 5.97 Å². The van der Waals surface area contributed by atoms with Crippen LogP contribution >= 0.6 is 0 Å². The zero-order valence-electron chi connectivity index (χ0n) is 15.0. The van der Waals surface area contributed by atoms with Crippen molar-refractivity contribution < 1.29 is 19.0 Å². The van der Waals surface area contributed by atoms with Crippen LogP contribution in [0.1, 0.15) is 71.6 Å². The monoisotopic (exact) mass is 326 g/mol. The van der Waals surface area contributed by atoms with Crippen molar-refractivity contribution in [3.05, 3.63) is 24.7 Å². The van der Waals surface area contributed by atoms with E-state index in [4.69, 9.17) is 14.2 Å². The molecule has 0 spiro atoms. The summed E-state index contributed by atoms with van der Waals surface area (Å²) in [6.07, 6.45) is 8.85. The predicted octanol–water partition coefficient (Wildman–Crippen LogP) is 5.14. The molecular weight excluding hydrogens is 292 g/mol. The van der Waals surface area contributed by atoms with Crippen molar-refractivity contribution in [3.8, 4) is 0 Å². The molecule has 4 nitrogen and oxygen atoms in total. The molecule has 134 valence electrons. The maximum atomic E-state index is 11.5. The average Bonchev–Trinajstić information content (AvgIpc) is 2.48. The van der Waals surface area contributed by atoms with Crippen LogP contribution in [0.25, 0.3) is 0 Å². The highest BCUT2D eigenvalue weighted by molar-refractivity contribution is 5.69. The summed E-state index contributed by atoms with van der Waals surface area (Å²) in [6.45, 7) is 13.0. The van der Waals surface area contributed by atoms with Gasteiger partial charge in [0.1, 0.15) is 0 Å². The topological polar surface area (TPSA) is 44.8 Å². The van der Waals surface area contributed by atoms with Crippen LogP contribution in [0.4, 0.5) is 0 Å². The first-order valence-electron chi connectivity index (χ1n) is 8.74. The molecule has 0 saturated heterocycles. The Bertz CT molecular complexity index is 336. The molecular formula is C19H34O4. The summed E-state index contributed by atoms with van der Waals surface area (Å²) in [6, 6.07) is 0. The summed E-state index contributed by atoms with van der Waals surface area (Å²) < 4.78 is 15.8. The van der Waals surface area contributed by atoms with Gasteiger partial charge < -0.3 is 14.2 Å². The van der Waals surface area contributed by atoms with Crippen molar-refractivity contribution in [2.75, 3.05) is 19.8 Å². The number of hydrogen-bond donors (Lipinski definition) is 0. The first kappa shape index (κ1) is 21.6. The number of esters is 1. The summed E-state index contributed by atoms with van der Waals surface area (Å²) in [7, 11) is 0. The summed E-state index contributed by atoms with van der Waals surface area (Å²) in [5.74, 6) is 1.41. The van der Waals surface area contributed by atoms with Crippen LogP contribution in [0.5, 0.6) is 0 Å². The SMILES string of the molecule is C=C(C)OCCCCCCCCOC(=O)CCCCOC(=C)C. The molecule has 0 bridgehead atoms. The minimum Gasteiger partial charge on any atom is -0.499 e. The molecule has 0 rings (SSSR count). The standard InChI is InChI=1S/C19H34O4/c1-17(2)21-14-10-7-5-6-8-11-16-23-19(20)13-9-12-15-22-18(3)4/h1,3,5-16H2,2,4H3. The number of rotatable bonds is 16. The molecule has 23 heavy (non-hydrogen) atoms. The van der Waals surface area contributed by atoms with Crippen molar-refractivity contribution in [2.45, 2.75) is 71.6 Å². The number of ether oxygens (including phenoxy) is 3. The molecule has 0 aromatic rings. The van der Waals surface area contributed by atoms with Gasteiger partial charge >= 0.3 is 5.97 Å². The fourth-order valence-corrected chi connectivity index (χ4v) is 2.03. The van der Waals surface area contributed by atoms with Gasteiger partial charge in [-0.3, -0.25) is 4.79 Å². The lowest BCUT2D eigenvalue weighted by Gasteiger charge is -2.06. The van der Waals surface area contributed by atoms with Gasteiger partial charge in [-0.1, -0.05) is 38.8 Å². The second-order valence-corrected chi connectivity index (χ2v) is 5.90. The maximum absolute atomic E-state index is 11.5. The van der Waals surface area contributed by atoms with E-state index in [0.29, 0.717) is 19.6 Å². The number of carbonyl (C=O) groups excluding carboxylic acids is 1. The van der Waals surface area contributed by atoms with Crippen LogP contribution in [0.2, 0.25) is 0 Å². The van der Waals surface area contributed by atoms with E-state index in [1.165, 1.54) is 19.3 Å². The lowest BCUT2D eigenvalue weighted by molar-refractivity contribution is -0.143. The van der Waals surface area contributed by atoms with Crippen molar-refractivity contribution in [1.82, 2.24) is 0 Å². The lowest BCUT2D eigenvalue weighted by Crippen LogP contribution is -2.06. The lowest BCUT2D eigenvalue weighted by atomic mass is 10.1. The second kappa shape index (κ2) is 15.4. The van der Waals surface area contributed by atoms with Crippen LogP contribution in [0, 0.1) is 0 Å². The smallest absolute Gasteiger partial charge is 0.305 e. The molecule has 0 aliphatic rings. The van der Waals surface area contributed by atoms with E-state index in [0.717, 1.165) is 50.2 Å². The Morgan fingerprint density at radius 3 is 1.52 bits per heavy atom. The Balaban J connectivity index is 3.20. The van der Waals surface area contributed by atoms with Crippen molar-refractivity contribution in [3.63, 3.8) is 0 Å². The Morgan fingerprint density at radius 2 is 1.04 bits per heavy atom. The molecule has 0 aromatic carbocycles. The molecule has 0 fully saturated rings. The first-order valence-corrected chi connectivity index (χ1v) is 8.74. The van der Waals surface area contributed by atoms with Gasteiger partial charge in [0.2, 0.25) is 0 Å². The summed E-state index contributed by atoms with van der Waals surface area (Å²) in [5.41, 5.74) is 0. The fourth-order valence-electron chi connectivity index (χ4n) is 2.03. The van der Waals surface area contributed by atoms with Crippen LogP contribution in [-0.4, -0.2) is 25.8 Å². The van der Waals surface area contributed by atoms with E-state index in [1.54, 1.807) is 0 Å². The van der Waals surface area contributed by atoms with Gasteiger partial charge in [-0.25, -0.2) is 0 Å². The molecule has 0 N–H and O–H groups in total. The third-order valence-corrected chi connectivity index (χ3v) is 3.27. The Hall–Kier alpha value is -1.45. The maximum Gasteiger partial charge on any atom is 0.305 e. The quantitative estimate of drug-likeness (QED) is 0.224. The van der Waals surface area contributed by atoms with Crippen LogP contribution < -0.4 is 0 Å². The van der Waals surface area contributed by atoms with Gasteiger partial charge in [-0.05, 0) is 39.5 Å². The van der Waals surface area contributed by atoms with Crippen LogP contribution in [0.3, 0.4) is 0 Å². The summed E-state index contributed by atoms with van der Waals surface area (Å²) >= 11 is 0. The molecule has 0 aliphatic heterocycles. The normalized spacial score (nSPS) is 10.2. The van der Waals surface area contributed by atoms with Gasteiger partial charge in [0, 0.05) is 6.42 Å². The van der Waals surface area contributed by atoms with E-state index in [9.17, 15) is 4.79 Å². The highest BCUT2D eigenvalue weighted by Gasteiger charge is 2.02. The molecule has 0 saturated carbocycles. The second-order valence-electron chi connectivity index (χ2n) is 5.90. The van der Waals surface area contributed by atoms with Gasteiger partial charge in [0.15, 0.2) is 0 Å². The largest absolute Gasteiger partial charge is 0.499 e. The van der Waals surface area contributed by atoms with Gasteiger partial charge in [0.25, 0.3) is 0 Å². The van der Waals surface area contributed by atoms with E-state index < -0.39 is 0 Å². The van der Waals surface area contributed by atoms with Gasteiger partial charge in [-0.2, -0.15) is 0 Å². The van der Waals surface area contributed by atoms with E-state index >= 15 is 0 Å². The number of allylic oxidation sites excluding steroid dienone is 2. The third-order valence-electron chi connectivity index (χ3n) is 3.27. The number of unbranched alkanes of at least 4 members (excludes halogenated alkanes) is 6. The minimum absolute atomic E-state index is 0.0998. The third kappa shape index (κ3) is 18.5. The van der Waals surface area contributed by atoms with Crippen LogP contribution in [-0.2, 0) is 19.0 Å². The van der Waals surface area contributed by atoms with Crippen LogP contribution in [0.15, 0.2) is 24.7 Å². The highest BCUT2D eigenvalue weighted by atomic mass is 16.5. The molecule has 0 heterocycles. The van der Waals surface area contributed by atoms with E-state index in [2.05, 4.69) is 13.2 Å². The predicted molar refractivity (Wildman–Crippen MR) is 94.0 cm³/mol. The molecule has 0 radical (unpaired) electrons. The zero-order chi connectivity index (χ0) is 17.3. The number of carbonyl (C=O) groups is 1. The Labute approximate surface area is 141 Å². The average molecular weight is 326 g/mol. The summed E-state index contributed by atoms with van der Waals surface area (Å²) in [5, 5.41) is 0. The summed E-state index contributed by atoms with van der Waals surface area (Å²) in [4.78, 5) is 11.5. The van der Waals surface area contributed by atoms with Gasteiger partial charge in [-0.15, -0.1) is 0 Å². The molecule has 0 aliphatic carbocycles. The Morgan fingerprint density at radius 1 is 0.652 bits per heavy atom. The minimum atomic E-state index is -0.0998. The molecule has 0 aromatic heterocycles. The fraction of sp³-hybridized carbons (Fsp3) is 0.737. The Kier molecular flexibility index (Phi) is 14.5. The van der Waals surface area contributed by atoms with E-state index in [1.807, 2.05) is 13.8 Å². The zero-order valence-corrected chi connectivity index (χ0v) is 15.0. The molecule has 0 amide bonds. The molecule has 0 unspecified atom stereocenters. The van der Waals surface area contributed by atoms with Gasteiger partial charge in [0.05, 0.1) is 31.3 Å². The molecule has 0 atom stereocenters. The van der Waals surface area contributed by atoms with Crippen molar-refractivity contribution >= 4 is 5.97 Å². The first-order chi connectivity index (χ1) is 11.0. The highest BCUT2D eigenvalue weighted by Crippen LogP contribution is 2.07. The number of hydrogen-bond acceptors (Lipinski definition) is 4. The van der Waals surface area contributed by atoms with Crippen molar-refractivity contribution in [1.29, 1.82) is 0 Å². The molecule has 4 heteroatoms. The van der Waals surface area contributed by atoms with Crippen molar-refractivity contribution in [2.24, 2.45) is 0 Å².